The Morgan fingerprint density at radius 1 is 1.44 bits per heavy atom. The Morgan fingerprint density at radius 3 is 2.72 bits per heavy atom. The maximum absolute atomic E-state index is 12.4. The largest absolute Gasteiger partial charge is 0.395 e. The van der Waals surface area contributed by atoms with Crippen molar-refractivity contribution in [1.29, 1.82) is 0 Å². The summed E-state index contributed by atoms with van der Waals surface area (Å²) in [5.41, 5.74) is 0. The molecule has 1 aliphatic heterocycles. The number of ether oxygens (including phenoxy) is 1. The molecular formula is C11H24N2O4S. The minimum absolute atomic E-state index is 0.122. The molecule has 1 rings (SSSR count). The SMILES string of the molecule is COCCN(CCO)S(=O)(=O)N1CCCC(C)C1. The number of aliphatic hydroxyl groups is 1. The van der Waals surface area contributed by atoms with Gasteiger partial charge in [0.1, 0.15) is 0 Å². The second kappa shape index (κ2) is 7.40. The first kappa shape index (κ1) is 15.8. The Bertz CT molecular complexity index is 334. The van der Waals surface area contributed by atoms with Crippen molar-refractivity contribution in [3.8, 4) is 0 Å². The van der Waals surface area contributed by atoms with Gasteiger partial charge in [0.05, 0.1) is 13.2 Å². The van der Waals surface area contributed by atoms with E-state index in [1.54, 1.807) is 0 Å². The van der Waals surface area contributed by atoms with E-state index in [1.807, 2.05) is 0 Å². The molecule has 108 valence electrons. The van der Waals surface area contributed by atoms with Gasteiger partial charge in [-0.15, -0.1) is 0 Å². The fraction of sp³-hybridized carbons (Fsp3) is 1.00. The Hall–Kier alpha value is -0.210. The maximum Gasteiger partial charge on any atom is 0.282 e. The molecule has 7 heteroatoms. The summed E-state index contributed by atoms with van der Waals surface area (Å²) < 4.78 is 32.6. The maximum atomic E-state index is 12.4. The number of aliphatic hydroxyl groups excluding tert-OH is 1. The highest BCUT2D eigenvalue weighted by Gasteiger charge is 2.31. The lowest BCUT2D eigenvalue weighted by Gasteiger charge is -2.34. The summed E-state index contributed by atoms with van der Waals surface area (Å²) in [5, 5.41) is 8.98. The van der Waals surface area contributed by atoms with Gasteiger partial charge in [0, 0.05) is 33.3 Å². The first-order chi connectivity index (χ1) is 8.52. The quantitative estimate of drug-likeness (QED) is 0.707. The van der Waals surface area contributed by atoms with Crippen molar-refractivity contribution in [2.75, 3.05) is 46.5 Å². The van der Waals surface area contributed by atoms with E-state index in [2.05, 4.69) is 6.92 Å². The lowest BCUT2D eigenvalue weighted by atomic mass is 10.0. The molecule has 0 saturated carbocycles. The molecule has 0 aromatic rings. The molecule has 0 aromatic carbocycles. The molecule has 0 spiro atoms. The van der Waals surface area contributed by atoms with Crippen molar-refractivity contribution in [1.82, 2.24) is 8.61 Å². The van der Waals surface area contributed by atoms with Crippen LogP contribution in [0.25, 0.3) is 0 Å². The van der Waals surface area contributed by atoms with Crippen LogP contribution < -0.4 is 0 Å². The molecule has 1 unspecified atom stereocenters. The lowest BCUT2D eigenvalue weighted by molar-refractivity contribution is 0.161. The van der Waals surface area contributed by atoms with Crippen LogP contribution in [0.3, 0.4) is 0 Å². The van der Waals surface area contributed by atoms with Crippen molar-refractivity contribution in [2.24, 2.45) is 5.92 Å². The molecule has 0 aromatic heterocycles. The van der Waals surface area contributed by atoms with Gasteiger partial charge in [-0.1, -0.05) is 6.92 Å². The van der Waals surface area contributed by atoms with Gasteiger partial charge < -0.3 is 9.84 Å². The lowest BCUT2D eigenvalue weighted by Crippen LogP contribution is -2.49. The van der Waals surface area contributed by atoms with Gasteiger partial charge in [0.25, 0.3) is 10.2 Å². The molecule has 0 radical (unpaired) electrons. The van der Waals surface area contributed by atoms with Gasteiger partial charge in [0.15, 0.2) is 0 Å². The van der Waals surface area contributed by atoms with E-state index < -0.39 is 10.2 Å². The van der Waals surface area contributed by atoms with Crippen LogP contribution >= 0.6 is 0 Å². The van der Waals surface area contributed by atoms with Crippen LogP contribution in [0.5, 0.6) is 0 Å². The predicted octanol–water partition coefficient (Wildman–Crippen LogP) is -0.0962. The van der Waals surface area contributed by atoms with Crippen molar-refractivity contribution in [2.45, 2.75) is 19.8 Å². The summed E-state index contributed by atoms with van der Waals surface area (Å²) in [6, 6.07) is 0. The summed E-state index contributed by atoms with van der Waals surface area (Å²) in [7, 11) is -1.93. The molecule has 18 heavy (non-hydrogen) atoms. The molecule has 1 atom stereocenters. The van der Waals surface area contributed by atoms with E-state index in [0.29, 0.717) is 25.6 Å². The zero-order valence-corrected chi connectivity index (χ0v) is 12.0. The Morgan fingerprint density at radius 2 is 2.17 bits per heavy atom. The summed E-state index contributed by atoms with van der Waals surface area (Å²) in [6.45, 7) is 3.77. The zero-order valence-electron chi connectivity index (χ0n) is 11.2. The average molecular weight is 280 g/mol. The number of nitrogens with zero attached hydrogens (tertiary/aromatic N) is 2. The summed E-state index contributed by atoms with van der Waals surface area (Å²) in [6.07, 6.45) is 1.97. The molecule has 6 nitrogen and oxygen atoms in total. The highest BCUT2D eigenvalue weighted by atomic mass is 32.2. The molecule has 0 bridgehead atoms. The molecule has 0 aliphatic carbocycles. The summed E-state index contributed by atoms with van der Waals surface area (Å²) >= 11 is 0. The summed E-state index contributed by atoms with van der Waals surface area (Å²) in [5.74, 6) is 0.395. The normalized spacial score (nSPS) is 22.6. The van der Waals surface area contributed by atoms with Crippen molar-refractivity contribution >= 4 is 10.2 Å². The van der Waals surface area contributed by atoms with Crippen molar-refractivity contribution < 1.29 is 18.3 Å². The van der Waals surface area contributed by atoms with Gasteiger partial charge in [0.2, 0.25) is 0 Å². The van der Waals surface area contributed by atoms with Crippen LogP contribution in [0.2, 0.25) is 0 Å². The fourth-order valence-electron chi connectivity index (χ4n) is 2.17. The topological polar surface area (TPSA) is 70.1 Å². The first-order valence-corrected chi connectivity index (χ1v) is 7.77. The van der Waals surface area contributed by atoms with Crippen LogP contribution in [-0.2, 0) is 14.9 Å². The second-order valence-corrected chi connectivity index (χ2v) is 6.66. The van der Waals surface area contributed by atoms with Gasteiger partial charge in [-0.2, -0.15) is 17.0 Å². The van der Waals surface area contributed by atoms with Gasteiger partial charge in [-0.05, 0) is 18.8 Å². The van der Waals surface area contributed by atoms with Crippen molar-refractivity contribution in [3.05, 3.63) is 0 Å². The van der Waals surface area contributed by atoms with E-state index in [1.165, 1.54) is 15.7 Å². The standard InChI is InChI=1S/C11H24N2O4S/c1-11-4-3-5-13(10-11)18(15,16)12(6-8-14)7-9-17-2/h11,14H,3-10H2,1-2H3. The van der Waals surface area contributed by atoms with Crippen LogP contribution in [-0.4, -0.2) is 68.6 Å². The van der Waals surface area contributed by atoms with Gasteiger partial charge >= 0.3 is 0 Å². The Kier molecular flexibility index (Phi) is 6.51. The Balaban J connectivity index is 2.72. The van der Waals surface area contributed by atoms with E-state index in [4.69, 9.17) is 9.84 Å². The van der Waals surface area contributed by atoms with Crippen LogP contribution in [0, 0.1) is 5.92 Å². The third-order valence-corrected chi connectivity index (χ3v) is 5.17. The second-order valence-electron chi connectivity index (χ2n) is 4.73. The Labute approximate surface area is 110 Å². The average Bonchev–Trinajstić information content (AvgIpc) is 2.34. The molecular weight excluding hydrogens is 256 g/mol. The van der Waals surface area contributed by atoms with Crippen LogP contribution in [0.1, 0.15) is 19.8 Å². The fourth-order valence-corrected chi connectivity index (χ4v) is 3.91. The van der Waals surface area contributed by atoms with E-state index in [0.717, 1.165) is 12.8 Å². The predicted molar refractivity (Wildman–Crippen MR) is 69.4 cm³/mol. The smallest absolute Gasteiger partial charge is 0.282 e. The van der Waals surface area contributed by atoms with E-state index >= 15 is 0 Å². The van der Waals surface area contributed by atoms with Crippen LogP contribution in [0.15, 0.2) is 0 Å². The molecule has 1 N–H and O–H groups in total. The van der Waals surface area contributed by atoms with Crippen LogP contribution in [0.4, 0.5) is 0 Å². The number of hydrogen-bond acceptors (Lipinski definition) is 4. The number of rotatable bonds is 7. The summed E-state index contributed by atoms with van der Waals surface area (Å²) in [4.78, 5) is 0. The number of hydrogen-bond donors (Lipinski definition) is 1. The van der Waals surface area contributed by atoms with E-state index in [-0.39, 0.29) is 19.7 Å². The highest BCUT2D eigenvalue weighted by molar-refractivity contribution is 7.86. The highest BCUT2D eigenvalue weighted by Crippen LogP contribution is 2.20. The molecule has 0 amide bonds. The minimum Gasteiger partial charge on any atom is -0.395 e. The van der Waals surface area contributed by atoms with Gasteiger partial charge in [-0.25, -0.2) is 0 Å². The van der Waals surface area contributed by atoms with E-state index in [9.17, 15) is 8.42 Å². The number of methoxy groups -OCH3 is 1. The van der Waals surface area contributed by atoms with Crippen molar-refractivity contribution in [3.63, 3.8) is 0 Å². The molecule has 1 saturated heterocycles. The number of piperidine rings is 1. The minimum atomic E-state index is -3.46. The first-order valence-electron chi connectivity index (χ1n) is 6.37. The molecule has 1 heterocycles. The molecule has 1 fully saturated rings. The third kappa shape index (κ3) is 4.17. The zero-order chi connectivity index (χ0) is 13.6. The van der Waals surface area contributed by atoms with Gasteiger partial charge in [-0.3, -0.25) is 0 Å². The molecule has 1 aliphatic rings. The third-order valence-electron chi connectivity index (χ3n) is 3.17. The monoisotopic (exact) mass is 280 g/mol.